The second kappa shape index (κ2) is 21.2. The maximum absolute atomic E-state index is 13.8. The molecule has 19 nitrogen and oxygen atoms in total. The summed E-state index contributed by atoms with van der Waals surface area (Å²) in [6, 6.07) is 21.9. The third kappa shape index (κ3) is 10.3. The van der Waals surface area contributed by atoms with Gasteiger partial charge in [-0.2, -0.15) is 4.31 Å². The maximum Gasteiger partial charge on any atom is 0.304 e. The third-order valence-corrected chi connectivity index (χ3v) is 16.1. The molecule has 4 heterocycles. The van der Waals surface area contributed by atoms with Crippen molar-refractivity contribution >= 4 is 68.1 Å². The van der Waals surface area contributed by atoms with E-state index in [1.165, 1.54) is 13.1 Å². The van der Waals surface area contributed by atoms with Gasteiger partial charge in [-0.15, -0.1) is 15.9 Å². The molecule has 1 saturated heterocycles. The zero-order chi connectivity index (χ0) is 52.6. The van der Waals surface area contributed by atoms with Crippen LogP contribution >= 0.6 is 10.8 Å². The van der Waals surface area contributed by atoms with Crippen LogP contribution in [0.1, 0.15) is 106 Å². The molecule has 0 saturated carbocycles. The highest BCUT2D eigenvalue weighted by Gasteiger charge is 2.45. The number of hydrogen-bond donors (Lipinski definition) is 4. The topological polar surface area (TPSA) is 243 Å². The molecular formula is C54H59N7O12S. The number of aromatic nitrogens is 3. The number of imide groups is 2. The van der Waals surface area contributed by atoms with Crippen LogP contribution in [0.4, 0.5) is 0 Å². The summed E-state index contributed by atoms with van der Waals surface area (Å²) in [5.74, 6) is -2.95. The zero-order valence-electron chi connectivity index (χ0n) is 41.8. The molecule has 3 atom stereocenters. The van der Waals surface area contributed by atoms with Gasteiger partial charge >= 0.3 is 5.97 Å². The number of amides is 5. The predicted molar refractivity (Wildman–Crippen MR) is 274 cm³/mol. The zero-order valence-corrected chi connectivity index (χ0v) is 42.6. The number of carbonyl (C=O) groups is 6. The first-order chi connectivity index (χ1) is 35.4. The van der Waals surface area contributed by atoms with Gasteiger partial charge in [0, 0.05) is 50.5 Å². The minimum atomic E-state index is -3.52. The fourth-order valence-electron chi connectivity index (χ4n) is 10.2. The highest BCUT2D eigenvalue weighted by atomic mass is 32.3. The largest absolute Gasteiger partial charge is 0.494 e. The van der Waals surface area contributed by atoms with Gasteiger partial charge in [-0.1, -0.05) is 54.5 Å². The Bertz CT molecular complexity index is 3230. The molecule has 20 heteroatoms. The van der Waals surface area contributed by atoms with Crippen LogP contribution in [0.3, 0.4) is 0 Å². The molecular weight excluding hydrogens is 971 g/mol. The molecule has 6 aromatic rings. The normalized spacial score (nSPS) is 18.5. The van der Waals surface area contributed by atoms with Crippen LogP contribution in [-0.4, -0.2) is 125 Å². The fraction of sp³-hybridized carbons (Fsp3) is 0.370. The molecule has 4 N–H and O–H groups in total. The summed E-state index contributed by atoms with van der Waals surface area (Å²) in [6.07, 6.45) is 3.51. The summed E-state index contributed by atoms with van der Waals surface area (Å²) >= 11 is 0. The monoisotopic (exact) mass is 1030 g/mol. The summed E-state index contributed by atoms with van der Waals surface area (Å²) in [6.45, 7) is 4.34. The van der Waals surface area contributed by atoms with Crippen molar-refractivity contribution < 1.29 is 57.2 Å². The number of unbranched alkanes of at least 4 members (excludes halogenated alkanes) is 3. The van der Waals surface area contributed by atoms with Crippen LogP contribution in [0.15, 0.2) is 83.8 Å². The Balaban J connectivity index is 0.770. The van der Waals surface area contributed by atoms with E-state index in [-0.39, 0.29) is 73.8 Å². The lowest BCUT2D eigenvalue weighted by Crippen LogP contribution is -2.57. The number of fused-ring (bicyclic) bond motifs is 2. The summed E-state index contributed by atoms with van der Waals surface area (Å²) in [4.78, 5) is 79.8. The number of methoxy groups -OCH3 is 1. The van der Waals surface area contributed by atoms with E-state index < -0.39 is 46.4 Å². The molecule has 1 fully saturated rings. The van der Waals surface area contributed by atoms with Crippen LogP contribution in [0.5, 0.6) is 17.2 Å². The number of hydrogen-bond acceptors (Lipinski definition) is 14. The molecule has 1 unspecified atom stereocenters. The number of piperidine rings is 1. The van der Waals surface area contributed by atoms with Gasteiger partial charge in [-0.3, -0.25) is 47.7 Å². The van der Waals surface area contributed by atoms with Crippen molar-refractivity contribution in [3.05, 3.63) is 118 Å². The minimum absolute atomic E-state index is 0.0234. The van der Waals surface area contributed by atoms with Crippen molar-refractivity contribution in [2.75, 3.05) is 33.9 Å². The van der Waals surface area contributed by atoms with Crippen LogP contribution < -0.4 is 19.5 Å². The van der Waals surface area contributed by atoms with E-state index in [4.69, 9.17) is 14.2 Å². The standard InChI is InChI=1S/C54H59N7O12S/c1-31-14-16-34(40(27-49(64)65)36-24-42-51(45(25-36)71-5)59(4)57-56-42)22-37(31)29-60-28-32(2)73-44-21-33(15-18-46(44)74(60,69)70)11-8-6-7-9-20-55-47(62)30-72-38-23-35-12-10-13-39-50(35)41(26-38)53(67)61(52(39)66)43-17-19-48(63)58(3)54(43)68/h10,12-16,18,21-26,32,40,43,69-70H,6-9,11,17,19-20,27-30H2,1-5H3,(H,55,62)(H,64,65)/t32-,40+,43?/m1/s1. The van der Waals surface area contributed by atoms with Gasteiger partial charge in [0.1, 0.15) is 45.3 Å². The molecule has 5 aromatic carbocycles. The van der Waals surface area contributed by atoms with Gasteiger partial charge in [0.25, 0.3) is 23.6 Å². The Kier molecular flexibility index (Phi) is 14.8. The van der Waals surface area contributed by atoms with Crippen molar-refractivity contribution in [2.24, 2.45) is 7.05 Å². The number of benzene rings is 5. The number of nitrogens with one attached hydrogen (secondary N) is 1. The molecule has 3 aliphatic heterocycles. The van der Waals surface area contributed by atoms with E-state index in [0.717, 1.165) is 64.2 Å². The molecule has 9 rings (SSSR count). The van der Waals surface area contributed by atoms with Crippen LogP contribution in [0.25, 0.3) is 21.8 Å². The van der Waals surface area contributed by atoms with Crippen LogP contribution in [0.2, 0.25) is 0 Å². The molecule has 0 aliphatic carbocycles. The number of likely N-dealkylation sites (N-methyl/N-ethyl adjacent to an activating group) is 1. The number of nitrogens with zero attached hydrogens (tertiary/aromatic N) is 6. The van der Waals surface area contributed by atoms with Crippen LogP contribution in [0, 0.1) is 6.92 Å². The van der Waals surface area contributed by atoms with Crippen molar-refractivity contribution in [3.63, 3.8) is 0 Å². The van der Waals surface area contributed by atoms with E-state index >= 15 is 0 Å². The van der Waals surface area contributed by atoms with E-state index in [2.05, 4.69) is 15.6 Å². The molecule has 388 valence electrons. The van der Waals surface area contributed by atoms with Gasteiger partial charge in [-0.05, 0) is 115 Å². The highest BCUT2D eigenvalue weighted by Crippen LogP contribution is 2.58. The van der Waals surface area contributed by atoms with Crippen molar-refractivity contribution in [1.82, 2.24) is 34.4 Å². The van der Waals surface area contributed by atoms with E-state index in [0.29, 0.717) is 50.3 Å². The van der Waals surface area contributed by atoms with Gasteiger partial charge in [0.05, 0.1) is 25.6 Å². The SMILES string of the molecule is COc1cc([C@@H](CC(=O)O)c2ccc(C)c(CN3C[C@@H](C)Oc4cc(CCCCCCNC(=O)COc5cc6c7c(cccc7c5)C(=O)N(C5CCC(=O)N(C)C5=O)C6=O)ccc4S3(O)O)c2)cc2nnn(C)c12. The van der Waals surface area contributed by atoms with Crippen molar-refractivity contribution in [2.45, 2.75) is 94.7 Å². The molecule has 0 spiro atoms. The Morgan fingerprint density at radius 3 is 2.49 bits per heavy atom. The fourth-order valence-corrected chi connectivity index (χ4v) is 11.8. The van der Waals surface area contributed by atoms with Crippen LogP contribution in [-0.2, 0) is 39.2 Å². The number of rotatable bonds is 18. The lowest BCUT2D eigenvalue weighted by atomic mass is 9.86. The number of carboxylic acid groups (broad SMARTS) is 1. The van der Waals surface area contributed by atoms with E-state index in [9.17, 15) is 43.0 Å². The first kappa shape index (κ1) is 51.5. The van der Waals surface area contributed by atoms with E-state index in [1.807, 2.05) is 56.3 Å². The van der Waals surface area contributed by atoms with Gasteiger partial charge in [0.15, 0.2) is 6.61 Å². The molecule has 0 bridgehead atoms. The average Bonchev–Trinajstić information content (AvgIpc) is 3.73. The van der Waals surface area contributed by atoms with Crippen molar-refractivity contribution in [3.8, 4) is 17.2 Å². The quantitative estimate of drug-likeness (QED) is 0.0484. The Labute approximate surface area is 428 Å². The smallest absolute Gasteiger partial charge is 0.304 e. The summed E-state index contributed by atoms with van der Waals surface area (Å²) in [7, 11) is 1.13. The Morgan fingerprint density at radius 1 is 0.919 bits per heavy atom. The third-order valence-electron chi connectivity index (χ3n) is 14.1. The second-order valence-corrected chi connectivity index (χ2v) is 21.2. The predicted octanol–water partition coefficient (Wildman–Crippen LogP) is 7.39. The summed E-state index contributed by atoms with van der Waals surface area (Å²) in [5, 5.41) is 22.3. The Morgan fingerprint density at radius 2 is 1.70 bits per heavy atom. The molecule has 0 radical (unpaired) electrons. The number of carboxylic acids is 1. The van der Waals surface area contributed by atoms with Crippen molar-refractivity contribution in [1.29, 1.82) is 0 Å². The number of carbonyl (C=O) groups excluding carboxylic acids is 5. The average molecular weight is 1030 g/mol. The molecule has 74 heavy (non-hydrogen) atoms. The number of likely N-dealkylation sites (tertiary alicyclic amines) is 1. The highest BCUT2D eigenvalue weighted by molar-refractivity contribution is 8.22. The lowest BCUT2D eigenvalue weighted by Gasteiger charge is -2.42. The number of aryl methyl sites for hydroxylation is 3. The first-order valence-electron chi connectivity index (χ1n) is 24.6. The van der Waals surface area contributed by atoms with E-state index in [1.54, 1.807) is 53.5 Å². The van der Waals surface area contributed by atoms with Gasteiger partial charge < -0.3 is 24.6 Å². The van der Waals surface area contributed by atoms with Gasteiger partial charge in [0.2, 0.25) is 5.91 Å². The molecule has 5 amide bonds. The summed E-state index contributed by atoms with van der Waals surface area (Å²) < 4.78 is 45.0. The lowest BCUT2D eigenvalue weighted by molar-refractivity contribution is -0.149. The molecule has 3 aliphatic rings. The second-order valence-electron chi connectivity index (χ2n) is 19.2. The Hall–Kier alpha value is -7.39. The molecule has 1 aromatic heterocycles. The number of aliphatic carboxylic acids is 1. The number of ether oxygens (including phenoxy) is 3. The minimum Gasteiger partial charge on any atom is -0.494 e. The first-order valence-corrected chi connectivity index (χ1v) is 26.1. The maximum atomic E-state index is 13.8. The summed E-state index contributed by atoms with van der Waals surface area (Å²) in [5.41, 5.74) is 5.86. The van der Waals surface area contributed by atoms with Gasteiger partial charge in [-0.25, -0.2) is 4.68 Å².